The number of nitrogens with zero attached hydrogens (tertiary/aromatic N) is 3. The van der Waals surface area contributed by atoms with Gasteiger partial charge in [0, 0.05) is 17.3 Å². The van der Waals surface area contributed by atoms with Gasteiger partial charge >= 0.3 is 0 Å². The number of thiophene rings is 1. The molecule has 1 N–H and O–H groups in total. The van der Waals surface area contributed by atoms with Crippen LogP contribution in [0.3, 0.4) is 0 Å². The summed E-state index contributed by atoms with van der Waals surface area (Å²) in [5.74, 6) is 0.884. The summed E-state index contributed by atoms with van der Waals surface area (Å²) in [6, 6.07) is 2.13. The van der Waals surface area contributed by atoms with Crippen LogP contribution < -0.4 is 10.1 Å². The van der Waals surface area contributed by atoms with E-state index in [-0.39, 0.29) is 6.04 Å². The van der Waals surface area contributed by atoms with Crippen LogP contribution in [0.2, 0.25) is 0 Å². The largest absolute Gasteiger partial charge is 0.496 e. The van der Waals surface area contributed by atoms with Crippen molar-refractivity contribution in [2.45, 2.75) is 19.4 Å². The first-order valence-corrected chi connectivity index (χ1v) is 7.75. The van der Waals surface area contributed by atoms with Crippen LogP contribution in [0.1, 0.15) is 30.0 Å². The average Bonchev–Trinajstić information content (AvgIpc) is 3.00. The minimum Gasteiger partial charge on any atom is -0.496 e. The van der Waals surface area contributed by atoms with E-state index in [2.05, 4.69) is 44.5 Å². The van der Waals surface area contributed by atoms with E-state index in [4.69, 9.17) is 4.74 Å². The Kier molecular flexibility index (Phi) is 4.95. The molecule has 0 aliphatic rings. The summed E-state index contributed by atoms with van der Waals surface area (Å²) in [7, 11) is 3.58. The molecule has 7 heteroatoms. The van der Waals surface area contributed by atoms with Crippen LogP contribution in [-0.4, -0.2) is 28.6 Å². The minimum absolute atomic E-state index is 0.0724. The highest BCUT2D eigenvalue weighted by molar-refractivity contribution is 9.10. The topological polar surface area (TPSA) is 52.0 Å². The van der Waals surface area contributed by atoms with Gasteiger partial charge in [0.2, 0.25) is 0 Å². The van der Waals surface area contributed by atoms with Gasteiger partial charge in [-0.2, -0.15) is 0 Å². The first-order valence-electron chi connectivity index (χ1n) is 6.08. The summed E-state index contributed by atoms with van der Waals surface area (Å²) in [4.78, 5) is 1.19. The second-order valence-corrected chi connectivity index (χ2v) is 5.86. The summed E-state index contributed by atoms with van der Waals surface area (Å²) in [5.41, 5.74) is 1.03. The van der Waals surface area contributed by atoms with Crippen molar-refractivity contribution < 1.29 is 4.74 Å². The fraction of sp³-hybridized carbons (Fsp3) is 0.500. The molecule has 0 bridgehead atoms. The van der Waals surface area contributed by atoms with E-state index in [1.807, 2.05) is 12.4 Å². The molecule has 1 unspecified atom stereocenters. The fourth-order valence-electron chi connectivity index (χ4n) is 1.86. The van der Waals surface area contributed by atoms with Crippen LogP contribution >= 0.6 is 27.3 Å². The molecule has 2 aromatic heterocycles. The lowest BCUT2D eigenvalue weighted by atomic mass is 10.1. The number of hydrogen-bond donors (Lipinski definition) is 1. The number of methoxy groups -OCH3 is 1. The Morgan fingerprint density at radius 3 is 2.89 bits per heavy atom. The van der Waals surface area contributed by atoms with Crippen LogP contribution in [0.25, 0.3) is 0 Å². The number of ether oxygens (including phenoxy) is 1. The fourth-order valence-corrected chi connectivity index (χ4v) is 3.35. The Labute approximate surface area is 125 Å². The van der Waals surface area contributed by atoms with Gasteiger partial charge in [-0.1, -0.05) is 12.1 Å². The van der Waals surface area contributed by atoms with E-state index in [1.165, 1.54) is 4.88 Å². The summed E-state index contributed by atoms with van der Waals surface area (Å²) in [6.45, 7) is 3.08. The smallest absolute Gasteiger partial charge is 0.153 e. The zero-order valence-electron chi connectivity index (χ0n) is 11.2. The second-order valence-electron chi connectivity index (χ2n) is 4.17. The van der Waals surface area contributed by atoms with E-state index < -0.39 is 0 Å². The van der Waals surface area contributed by atoms with Crippen LogP contribution in [0.4, 0.5) is 0 Å². The summed E-state index contributed by atoms with van der Waals surface area (Å²) < 4.78 is 7.83. The van der Waals surface area contributed by atoms with Gasteiger partial charge in [0.15, 0.2) is 4.60 Å². The molecule has 0 saturated carbocycles. The summed E-state index contributed by atoms with van der Waals surface area (Å²) >= 11 is 5.14. The molecule has 1 atom stereocenters. The maximum atomic E-state index is 5.26. The molecule has 0 radical (unpaired) electrons. The lowest BCUT2D eigenvalue weighted by molar-refractivity contribution is 0.416. The standard InChI is InChI=1S/C12H17BrN4OS/c1-4-5-14-10(9-6-8(18-3)7-19-9)11-12(13)15-16-17(11)2/h6-7,10,14H,4-5H2,1-3H3. The number of aryl methyl sites for hydroxylation is 1. The molecule has 104 valence electrons. The number of rotatable bonds is 6. The van der Waals surface area contributed by atoms with Gasteiger partial charge in [-0.25, -0.2) is 4.68 Å². The Hall–Kier alpha value is -0.920. The number of hydrogen-bond acceptors (Lipinski definition) is 5. The van der Waals surface area contributed by atoms with E-state index >= 15 is 0 Å². The van der Waals surface area contributed by atoms with Gasteiger partial charge in [-0.15, -0.1) is 16.4 Å². The van der Waals surface area contributed by atoms with Crippen molar-refractivity contribution in [1.82, 2.24) is 20.3 Å². The lowest BCUT2D eigenvalue weighted by Gasteiger charge is -2.17. The molecule has 0 spiro atoms. The number of halogens is 1. The molecule has 5 nitrogen and oxygen atoms in total. The van der Waals surface area contributed by atoms with Crippen LogP contribution in [0, 0.1) is 0 Å². The van der Waals surface area contributed by atoms with Gasteiger partial charge in [0.25, 0.3) is 0 Å². The zero-order chi connectivity index (χ0) is 13.8. The molecular weight excluding hydrogens is 328 g/mol. The van der Waals surface area contributed by atoms with E-state index in [9.17, 15) is 0 Å². The normalized spacial score (nSPS) is 12.6. The van der Waals surface area contributed by atoms with Crippen molar-refractivity contribution in [3.05, 3.63) is 26.6 Å². The second kappa shape index (κ2) is 6.49. The lowest BCUT2D eigenvalue weighted by Crippen LogP contribution is -2.24. The molecular formula is C12H17BrN4OS. The van der Waals surface area contributed by atoms with Crippen LogP contribution in [-0.2, 0) is 7.05 Å². The average molecular weight is 345 g/mol. The molecule has 0 aliphatic carbocycles. The summed E-state index contributed by atoms with van der Waals surface area (Å²) in [6.07, 6.45) is 1.07. The monoisotopic (exact) mass is 344 g/mol. The first kappa shape index (κ1) is 14.5. The van der Waals surface area contributed by atoms with E-state index in [1.54, 1.807) is 23.1 Å². The van der Waals surface area contributed by atoms with Crippen molar-refractivity contribution in [2.24, 2.45) is 7.05 Å². The van der Waals surface area contributed by atoms with Crippen LogP contribution in [0.5, 0.6) is 5.75 Å². The van der Waals surface area contributed by atoms with Crippen molar-refractivity contribution in [2.75, 3.05) is 13.7 Å². The van der Waals surface area contributed by atoms with E-state index in [0.717, 1.165) is 29.0 Å². The minimum atomic E-state index is 0.0724. The molecule has 0 amide bonds. The number of nitrogens with one attached hydrogen (secondary N) is 1. The Morgan fingerprint density at radius 2 is 2.37 bits per heavy atom. The first-order chi connectivity index (χ1) is 9.17. The highest BCUT2D eigenvalue weighted by atomic mass is 79.9. The number of aromatic nitrogens is 3. The Bertz CT molecular complexity index is 520. The third-order valence-electron chi connectivity index (χ3n) is 2.81. The Morgan fingerprint density at radius 1 is 1.58 bits per heavy atom. The molecule has 0 saturated heterocycles. The highest BCUT2D eigenvalue weighted by Gasteiger charge is 2.23. The Balaban J connectivity index is 2.35. The molecule has 0 fully saturated rings. The SMILES string of the molecule is CCCNC(c1cc(OC)cs1)c1c(Br)nnn1C. The predicted molar refractivity (Wildman–Crippen MR) is 79.7 cm³/mol. The third kappa shape index (κ3) is 3.16. The maximum Gasteiger partial charge on any atom is 0.153 e. The predicted octanol–water partition coefficient (Wildman–Crippen LogP) is 2.74. The molecule has 2 heterocycles. The van der Waals surface area contributed by atoms with Gasteiger partial charge in [0.1, 0.15) is 5.75 Å². The van der Waals surface area contributed by atoms with Crippen molar-refractivity contribution in [3.8, 4) is 5.75 Å². The zero-order valence-corrected chi connectivity index (χ0v) is 13.6. The summed E-state index contributed by atoms with van der Waals surface area (Å²) in [5, 5.41) is 13.7. The van der Waals surface area contributed by atoms with Gasteiger partial charge in [0.05, 0.1) is 18.8 Å². The van der Waals surface area contributed by atoms with Gasteiger partial charge < -0.3 is 10.1 Å². The van der Waals surface area contributed by atoms with Gasteiger partial charge in [-0.3, -0.25) is 0 Å². The van der Waals surface area contributed by atoms with Gasteiger partial charge in [-0.05, 0) is 35.0 Å². The third-order valence-corrected chi connectivity index (χ3v) is 4.36. The molecule has 2 aromatic rings. The highest BCUT2D eigenvalue weighted by Crippen LogP contribution is 2.33. The molecule has 19 heavy (non-hydrogen) atoms. The van der Waals surface area contributed by atoms with E-state index in [0.29, 0.717) is 0 Å². The van der Waals surface area contributed by atoms with Crippen LogP contribution in [0.15, 0.2) is 16.0 Å². The molecule has 0 aliphatic heterocycles. The van der Waals surface area contributed by atoms with Crippen molar-refractivity contribution in [1.29, 1.82) is 0 Å². The quantitative estimate of drug-likeness (QED) is 0.875. The van der Waals surface area contributed by atoms with Crippen molar-refractivity contribution in [3.63, 3.8) is 0 Å². The molecule has 2 rings (SSSR count). The van der Waals surface area contributed by atoms with Crippen molar-refractivity contribution >= 4 is 27.3 Å². The molecule has 0 aromatic carbocycles. The maximum absolute atomic E-state index is 5.26.